The highest BCUT2D eigenvalue weighted by atomic mass is 19.1. The standard InChI is InChI=1S/C16H22FN3O4/c17-13-4-2-1-3-11(13)8-20-6-5-18-16(24)14(20)7-15(23)19-12(9-21)10-22/h1-4,12,14,21-22H,5-10H2,(H,18,24)(H,19,23)/t14-/m1/s1. The largest absolute Gasteiger partial charge is 0.394 e. The molecule has 2 rings (SSSR count). The van der Waals surface area contributed by atoms with E-state index in [1.807, 2.05) is 0 Å². The Morgan fingerprint density at radius 2 is 2.08 bits per heavy atom. The molecule has 0 saturated carbocycles. The Morgan fingerprint density at radius 3 is 2.75 bits per heavy atom. The van der Waals surface area contributed by atoms with Crippen LogP contribution >= 0.6 is 0 Å². The molecule has 24 heavy (non-hydrogen) atoms. The van der Waals surface area contributed by atoms with Crippen LogP contribution < -0.4 is 10.6 Å². The molecule has 0 spiro atoms. The van der Waals surface area contributed by atoms with Gasteiger partial charge in [-0.15, -0.1) is 0 Å². The first kappa shape index (κ1) is 18.3. The predicted molar refractivity (Wildman–Crippen MR) is 84.3 cm³/mol. The summed E-state index contributed by atoms with van der Waals surface area (Å²) in [6.07, 6.45) is -0.128. The molecule has 1 aromatic carbocycles. The van der Waals surface area contributed by atoms with E-state index in [0.717, 1.165) is 0 Å². The molecule has 0 aliphatic carbocycles. The lowest BCUT2D eigenvalue weighted by atomic mass is 10.1. The summed E-state index contributed by atoms with van der Waals surface area (Å²) in [5, 5.41) is 23.2. The molecule has 0 bridgehead atoms. The number of aliphatic hydroxyl groups excluding tert-OH is 2. The number of rotatable bonds is 7. The Balaban J connectivity index is 2.04. The second kappa shape index (κ2) is 8.72. The number of carbonyl (C=O) groups excluding carboxylic acids is 2. The number of carbonyl (C=O) groups is 2. The highest BCUT2D eigenvalue weighted by Gasteiger charge is 2.32. The topological polar surface area (TPSA) is 102 Å². The zero-order valence-corrected chi connectivity index (χ0v) is 13.2. The average molecular weight is 339 g/mol. The summed E-state index contributed by atoms with van der Waals surface area (Å²) < 4.78 is 13.8. The van der Waals surface area contributed by atoms with Gasteiger partial charge in [0, 0.05) is 25.2 Å². The van der Waals surface area contributed by atoms with Crippen molar-refractivity contribution in [3.63, 3.8) is 0 Å². The summed E-state index contributed by atoms with van der Waals surface area (Å²) >= 11 is 0. The van der Waals surface area contributed by atoms with Crippen molar-refractivity contribution >= 4 is 11.8 Å². The smallest absolute Gasteiger partial charge is 0.237 e. The van der Waals surface area contributed by atoms with E-state index >= 15 is 0 Å². The lowest BCUT2D eigenvalue weighted by molar-refractivity contribution is -0.134. The highest BCUT2D eigenvalue weighted by Crippen LogP contribution is 2.16. The first-order valence-electron chi connectivity index (χ1n) is 7.81. The SMILES string of the molecule is O=C(C[C@@H]1C(=O)NCCN1Cc1ccccc1F)NC(CO)CO. The summed E-state index contributed by atoms with van der Waals surface area (Å²) in [7, 11) is 0. The lowest BCUT2D eigenvalue weighted by Crippen LogP contribution is -2.56. The molecule has 2 amide bonds. The lowest BCUT2D eigenvalue weighted by Gasteiger charge is -2.35. The molecule has 1 atom stereocenters. The van der Waals surface area contributed by atoms with Crippen molar-refractivity contribution in [2.45, 2.75) is 25.0 Å². The fourth-order valence-corrected chi connectivity index (χ4v) is 2.63. The first-order chi connectivity index (χ1) is 11.5. The van der Waals surface area contributed by atoms with E-state index in [1.54, 1.807) is 23.1 Å². The summed E-state index contributed by atoms with van der Waals surface area (Å²) in [5.74, 6) is -1.10. The third-order valence-electron chi connectivity index (χ3n) is 3.96. The minimum atomic E-state index is -0.760. The second-order valence-electron chi connectivity index (χ2n) is 5.70. The van der Waals surface area contributed by atoms with E-state index in [-0.39, 0.29) is 24.7 Å². The minimum absolute atomic E-state index is 0.128. The van der Waals surface area contributed by atoms with E-state index in [9.17, 15) is 14.0 Å². The van der Waals surface area contributed by atoms with Crippen LogP contribution in [0.2, 0.25) is 0 Å². The monoisotopic (exact) mass is 339 g/mol. The molecule has 1 saturated heterocycles. The molecule has 1 aromatic rings. The maximum Gasteiger partial charge on any atom is 0.237 e. The predicted octanol–water partition coefficient (Wildman–Crippen LogP) is -1.01. The van der Waals surface area contributed by atoms with Crippen molar-refractivity contribution in [3.05, 3.63) is 35.6 Å². The minimum Gasteiger partial charge on any atom is -0.394 e. The van der Waals surface area contributed by atoms with E-state index < -0.39 is 31.2 Å². The van der Waals surface area contributed by atoms with Gasteiger partial charge in [0.25, 0.3) is 0 Å². The van der Waals surface area contributed by atoms with Crippen molar-refractivity contribution in [2.24, 2.45) is 0 Å². The molecule has 1 heterocycles. The third-order valence-corrected chi connectivity index (χ3v) is 3.96. The second-order valence-corrected chi connectivity index (χ2v) is 5.70. The van der Waals surface area contributed by atoms with Gasteiger partial charge in [-0.05, 0) is 6.07 Å². The van der Waals surface area contributed by atoms with Crippen LogP contribution in [-0.4, -0.2) is 65.3 Å². The Bertz CT molecular complexity index is 580. The van der Waals surface area contributed by atoms with Crippen LogP contribution in [0.15, 0.2) is 24.3 Å². The van der Waals surface area contributed by atoms with Crippen LogP contribution in [0.4, 0.5) is 4.39 Å². The Hall–Kier alpha value is -2.03. The van der Waals surface area contributed by atoms with Crippen LogP contribution in [0.1, 0.15) is 12.0 Å². The zero-order valence-electron chi connectivity index (χ0n) is 13.2. The van der Waals surface area contributed by atoms with Gasteiger partial charge in [-0.25, -0.2) is 4.39 Å². The van der Waals surface area contributed by atoms with Gasteiger partial charge in [0.2, 0.25) is 11.8 Å². The molecule has 132 valence electrons. The quantitative estimate of drug-likeness (QED) is 0.510. The Labute approximate surface area is 139 Å². The Morgan fingerprint density at radius 1 is 1.38 bits per heavy atom. The maximum atomic E-state index is 13.8. The molecule has 0 unspecified atom stereocenters. The molecule has 1 aliphatic heterocycles. The van der Waals surface area contributed by atoms with Crippen LogP contribution in [0.3, 0.4) is 0 Å². The molecular formula is C16H22FN3O4. The molecule has 4 N–H and O–H groups in total. The van der Waals surface area contributed by atoms with Gasteiger partial charge in [0.1, 0.15) is 5.82 Å². The summed E-state index contributed by atoms with van der Waals surface area (Å²) in [5.41, 5.74) is 0.459. The fourth-order valence-electron chi connectivity index (χ4n) is 2.63. The van der Waals surface area contributed by atoms with Gasteiger partial charge in [-0.3, -0.25) is 14.5 Å². The van der Waals surface area contributed by atoms with Crippen molar-refractivity contribution < 1.29 is 24.2 Å². The van der Waals surface area contributed by atoms with Crippen molar-refractivity contribution in [2.75, 3.05) is 26.3 Å². The van der Waals surface area contributed by atoms with Gasteiger partial charge in [0.15, 0.2) is 0 Å². The molecule has 1 aliphatic rings. The van der Waals surface area contributed by atoms with E-state index in [2.05, 4.69) is 10.6 Å². The summed E-state index contributed by atoms with van der Waals surface area (Å²) in [6, 6.07) is 4.83. The molecule has 0 radical (unpaired) electrons. The number of hydrogen-bond acceptors (Lipinski definition) is 5. The van der Waals surface area contributed by atoms with E-state index in [4.69, 9.17) is 10.2 Å². The molecule has 8 heteroatoms. The van der Waals surface area contributed by atoms with Crippen molar-refractivity contribution in [1.29, 1.82) is 0 Å². The summed E-state index contributed by atoms with van der Waals surface area (Å²) in [4.78, 5) is 25.9. The van der Waals surface area contributed by atoms with Crippen LogP contribution in [0.25, 0.3) is 0 Å². The third kappa shape index (κ3) is 4.73. The highest BCUT2D eigenvalue weighted by molar-refractivity contribution is 5.88. The van der Waals surface area contributed by atoms with Crippen molar-refractivity contribution in [3.8, 4) is 0 Å². The number of nitrogens with one attached hydrogen (secondary N) is 2. The zero-order chi connectivity index (χ0) is 17.5. The van der Waals surface area contributed by atoms with Gasteiger partial charge in [-0.2, -0.15) is 0 Å². The van der Waals surface area contributed by atoms with Gasteiger partial charge >= 0.3 is 0 Å². The first-order valence-corrected chi connectivity index (χ1v) is 7.81. The number of hydrogen-bond donors (Lipinski definition) is 4. The fraction of sp³-hybridized carbons (Fsp3) is 0.500. The number of nitrogens with zero attached hydrogens (tertiary/aromatic N) is 1. The molecule has 7 nitrogen and oxygen atoms in total. The summed E-state index contributed by atoms with van der Waals surface area (Å²) in [6.45, 7) is 0.375. The number of piperazine rings is 1. The maximum absolute atomic E-state index is 13.8. The van der Waals surface area contributed by atoms with Crippen LogP contribution in [0.5, 0.6) is 0 Å². The molecule has 1 fully saturated rings. The average Bonchev–Trinajstić information content (AvgIpc) is 2.57. The van der Waals surface area contributed by atoms with Gasteiger partial charge in [-0.1, -0.05) is 18.2 Å². The molecule has 0 aromatic heterocycles. The normalized spacial score (nSPS) is 18.5. The van der Waals surface area contributed by atoms with E-state index in [0.29, 0.717) is 18.7 Å². The van der Waals surface area contributed by atoms with Gasteiger partial charge in [0.05, 0.1) is 31.7 Å². The van der Waals surface area contributed by atoms with E-state index in [1.165, 1.54) is 6.07 Å². The van der Waals surface area contributed by atoms with Crippen molar-refractivity contribution in [1.82, 2.24) is 15.5 Å². The molecular weight excluding hydrogens is 317 g/mol. The number of amides is 2. The van der Waals surface area contributed by atoms with Crippen LogP contribution in [-0.2, 0) is 16.1 Å². The van der Waals surface area contributed by atoms with Crippen LogP contribution in [0, 0.1) is 5.82 Å². The number of halogens is 1. The van der Waals surface area contributed by atoms with Gasteiger partial charge < -0.3 is 20.8 Å². The number of benzene rings is 1. The number of aliphatic hydroxyl groups is 2. The Kier molecular flexibility index (Phi) is 6.65.